The number of ether oxygens (including phenoxy) is 1. The first kappa shape index (κ1) is 25.5. The first-order valence-corrected chi connectivity index (χ1v) is 12.0. The fourth-order valence-corrected chi connectivity index (χ4v) is 4.00. The molecule has 8 heteroatoms. The number of fused-ring (bicyclic) bond motifs is 1. The fourth-order valence-electron chi connectivity index (χ4n) is 3.76. The van der Waals surface area contributed by atoms with Gasteiger partial charge in [-0.05, 0) is 60.9 Å². The largest absolute Gasteiger partial charge is 0.482 e. The van der Waals surface area contributed by atoms with Crippen LogP contribution in [0.4, 0.5) is 5.69 Å². The van der Waals surface area contributed by atoms with Gasteiger partial charge in [-0.3, -0.25) is 9.59 Å². The summed E-state index contributed by atoms with van der Waals surface area (Å²) in [7, 11) is 0. The number of aryl methyl sites for hydroxylation is 1. The molecule has 0 saturated heterocycles. The van der Waals surface area contributed by atoms with E-state index in [-0.39, 0.29) is 23.1 Å². The highest BCUT2D eigenvalue weighted by Crippen LogP contribution is 2.26. The molecule has 0 spiro atoms. The minimum Gasteiger partial charge on any atom is -0.482 e. The van der Waals surface area contributed by atoms with Crippen molar-refractivity contribution in [2.24, 2.45) is 0 Å². The number of nitriles is 1. The molecule has 0 bridgehead atoms. The van der Waals surface area contributed by atoms with E-state index < -0.39 is 5.91 Å². The number of para-hydroxylation sites is 1. The molecule has 37 heavy (non-hydrogen) atoms. The third kappa shape index (κ3) is 6.78. The monoisotopic (exact) mass is 512 g/mol. The van der Waals surface area contributed by atoms with Gasteiger partial charge in [-0.15, -0.1) is 0 Å². The van der Waals surface area contributed by atoms with E-state index in [9.17, 15) is 14.9 Å². The fraction of sp³-hybridized carbons (Fsp3) is 0.138. The number of rotatable bonds is 9. The summed E-state index contributed by atoms with van der Waals surface area (Å²) in [4.78, 5) is 27.9. The van der Waals surface area contributed by atoms with Crippen LogP contribution in [0.15, 0.2) is 78.5 Å². The summed E-state index contributed by atoms with van der Waals surface area (Å²) in [6.07, 6.45) is 4.01. The summed E-state index contributed by atoms with van der Waals surface area (Å²) in [6.45, 7) is 2.14. The Morgan fingerprint density at radius 3 is 2.65 bits per heavy atom. The van der Waals surface area contributed by atoms with Crippen LogP contribution >= 0.6 is 11.6 Å². The van der Waals surface area contributed by atoms with Crippen LogP contribution in [0.1, 0.15) is 16.7 Å². The summed E-state index contributed by atoms with van der Waals surface area (Å²) >= 11 is 6.31. The number of carbonyl (C=O) groups is 2. The number of halogens is 1. The summed E-state index contributed by atoms with van der Waals surface area (Å²) in [5.74, 6) is -0.467. The summed E-state index contributed by atoms with van der Waals surface area (Å²) in [5, 5.41) is 16.4. The number of carbonyl (C=O) groups excluding carboxylic acids is 2. The molecule has 4 rings (SSSR count). The highest BCUT2D eigenvalue weighted by atomic mass is 35.5. The number of benzene rings is 3. The predicted octanol–water partition coefficient (Wildman–Crippen LogP) is 5.41. The van der Waals surface area contributed by atoms with Crippen LogP contribution in [-0.2, 0) is 16.0 Å². The molecule has 3 N–H and O–H groups in total. The topological polar surface area (TPSA) is 107 Å². The number of nitrogens with one attached hydrogen (secondary N) is 3. The maximum Gasteiger partial charge on any atom is 0.262 e. The van der Waals surface area contributed by atoms with Gasteiger partial charge in [0.05, 0.1) is 5.02 Å². The van der Waals surface area contributed by atoms with E-state index in [2.05, 4.69) is 15.6 Å². The molecule has 4 aromatic rings. The van der Waals surface area contributed by atoms with Crippen LogP contribution in [0.5, 0.6) is 5.75 Å². The molecule has 1 aromatic heterocycles. The van der Waals surface area contributed by atoms with Crippen LogP contribution in [0.25, 0.3) is 17.0 Å². The Morgan fingerprint density at radius 1 is 1.11 bits per heavy atom. The zero-order valence-corrected chi connectivity index (χ0v) is 20.9. The van der Waals surface area contributed by atoms with Gasteiger partial charge < -0.3 is 20.4 Å². The lowest BCUT2D eigenvalue weighted by molar-refractivity contribution is -0.118. The summed E-state index contributed by atoms with van der Waals surface area (Å²) in [6, 6.07) is 22.1. The van der Waals surface area contributed by atoms with Crippen molar-refractivity contribution in [2.75, 3.05) is 18.5 Å². The van der Waals surface area contributed by atoms with Gasteiger partial charge in [0.15, 0.2) is 6.61 Å². The Bertz CT molecular complexity index is 1500. The molecule has 1 heterocycles. The summed E-state index contributed by atoms with van der Waals surface area (Å²) in [5.41, 5.74) is 4.42. The Morgan fingerprint density at radius 2 is 1.89 bits per heavy atom. The minimum absolute atomic E-state index is 0.0406. The van der Waals surface area contributed by atoms with E-state index in [4.69, 9.17) is 16.3 Å². The van der Waals surface area contributed by atoms with Crippen molar-refractivity contribution in [3.63, 3.8) is 0 Å². The van der Waals surface area contributed by atoms with Crippen molar-refractivity contribution in [1.29, 1.82) is 5.26 Å². The van der Waals surface area contributed by atoms with Gasteiger partial charge >= 0.3 is 0 Å². The van der Waals surface area contributed by atoms with Crippen molar-refractivity contribution in [1.82, 2.24) is 10.3 Å². The van der Waals surface area contributed by atoms with Crippen molar-refractivity contribution in [3.8, 4) is 11.8 Å². The normalized spacial score (nSPS) is 11.1. The van der Waals surface area contributed by atoms with Crippen LogP contribution in [-0.4, -0.2) is 29.9 Å². The van der Waals surface area contributed by atoms with Gasteiger partial charge in [0, 0.05) is 29.3 Å². The summed E-state index contributed by atoms with van der Waals surface area (Å²) < 4.78 is 5.54. The number of amides is 2. The van der Waals surface area contributed by atoms with E-state index in [1.165, 1.54) is 6.08 Å². The Kier molecular flexibility index (Phi) is 8.24. The van der Waals surface area contributed by atoms with Crippen LogP contribution in [0, 0.1) is 18.3 Å². The first-order valence-electron chi connectivity index (χ1n) is 11.7. The zero-order chi connectivity index (χ0) is 26.2. The number of aromatic nitrogens is 1. The quantitative estimate of drug-likeness (QED) is 0.206. The molecular formula is C29H25ClN4O3. The van der Waals surface area contributed by atoms with Gasteiger partial charge in [-0.2, -0.15) is 5.26 Å². The molecular weight excluding hydrogens is 488 g/mol. The van der Waals surface area contributed by atoms with Crippen molar-refractivity contribution >= 4 is 46.1 Å². The van der Waals surface area contributed by atoms with Crippen LogP contribution in [0.3, 0.4) is 0 Å². The number of aromatic amines is 1. The first-order chi connectivity index (χ1) is 17.9. The second-order valence-corrected chi connectivity index (χ2v) is 8.84. The van der Waals surface area contributed by atoms with Crippen molar-refractivity contribution in [2.45, 2.75) is 13.3 Å². The Balaban J connectivity index is 1.31. The molecule has 0 unspecified atom stereocenters. The van der Waals surface area contributed by atoms with Crippen molar-refractivity contribution in [3.05, 3.63) is 100 Å². The molecule has 0 atom stereocenters. The third-order valence-electron chi connectivity index (χ3n) is 5.68. The lowest BCUT2D eigenvalue weighted by atomic mass is 10.1. The molecule has 7 nitrogen and oxygen atoms in total. The lowest BCUT2D eigenvalue weighted by Crippen LogP contribution is -2.26. The van der Waals surface area contributed by atoms with Crippen LogP contribution < -0.4 is 15.4 Å². The minimum atomic E-state index is -0.466. The number of nitrogens with zero attached hydrogens (tertiary/aromatic N) is 1. The second kappa shape index (κ2) is 11.9. The van der Waals surface area contributed by atoms with Gasteiger partial charge in [0.1, 0.15) is 17.4 Å². The average Bonchev–Trinajstić information content (AvgIpc) is 3.31. The molecule has 186 valence electrons. The number of hydrogen-bond acceptors (Lipinski definition) is 4. The molecule has 0 radical (unpaired) electrons. The molecule has 0 aliphatic heterocycles. The lowest BCUT2D eigenvalue weighted by Gasteiger charge is -2.10. The Hall–Kier alpha value is -4.54. The van der Waals surface area contributed by atoms with Crippen LogP contribution in [0.2, 0.25) is 5.02 Å². The molecule has 0 aliphatic carbocycles. The highest BCUT2D eigenvalue weighted by molar-refractivity contribution is 6.32. The van der Waals surface area contributed by atoms with Gasteiger partial charge in [0.2, 0.25) is 0 Å². The average molecular weight is 513 g/mol. The number of hydrogen-bond donors (Lipinski definition) is 3. The Labute approximate surface area is 219 Å². The third-order valence-corrected chi connectivity index (χ3v) is 5.98. The van der Waals surface area contributed by atoms with E-state index in [0.29, 0.717) is 30.0 Å². The number of H-pyrrole nitrogens is 1. The van der Waals surface area contributed by atoms with Gasteiger partial charge in [-0.1, -0.05) is 53.6 Å². The zero-order valence-electron chi connectivity index (χ0n) is 20.2. The standard InChI is InChI=1S/C29H25ClN4O3/c1-19-6-9-23(10-7-19)34-28(35)18-37-27-11-8-20(15-25(27)30)14-22(16-31)29(36)32-13-12-21-17-33-26-5-3-2-4-24(21)26/h2-11,14-15,17,33H,12-13,18H2,1H3,(H,32,36)(H,34,35)/b22-14-. The van der Waals surface area contributed by atoms with Crippen molar-refractivity contribution < 1.29 is 14.3 Å². The van der Waals surface area contributed by atoms with Gasteiger partial charge in [0.25, 0.3) is 11.8 Å². The van der Waals surface area contributed by atoms with E-state index in [0.717, 1.165) is 22.0 Å². The molecule has 0 saturated carbocycles. The maximum atomic E-state index is 12.6. The van der Waals surface area contributed by atoms with E-state index in [1.807, 2.05) is 67.7 Å². The molecule has 0 aliphatic rings. The second-order valence-electron chi connectivity index (χ2n) is 8.43. The smallest absolute Gasteiger partial charge is 0.262 e. The predicted molar refractivity (Wildman–Crippen MR) is 145 cm³/mol. The number of anilines is 1. The van der Waals surface area contributed by atoms with Gasteiger partial charge in [-0.25, -0.2) is 0 Å². The van der Waals surface area contributed by atoms with E-state index in [1.54, 1.807) is 18.2 Å². The maximum absolute atomic E-state index is 12.6. The SMILES string of the molecule is Cc1ccc(NC(=O)COc2ccc(/C=C(/C#N)C(=O)NCCc3c[nH]c4ccccc34)cc2Cl)cc1. The molecule has 3 aromatic carbocycles. The molecule has 0 fully saturated rings. The highest BCUT2D eigenvalue weighted by Gasteiger charge is 2.11. The molecule has 2 amide bonds. The van der Waals surface area contributed by atoms with E-state index >= 15 is 0 Å².